The lowest BCUT2D eigenvalue weighted by atomic mass is 10.00. The Kier molecular flexibility index (Phi) is 8.50. The van der Waals surface area contributed by atoms with Crippen LogP contribution in [0, 0.1) is 5.92 Å². The fraction of sp³-hybridized carbons (Fsp3) is 0.600. The molecule has 2 aromatic rings. The molecule has 0 N–H and O–H groups in total. The lowest BCUT2D eigenvalue weighted by Gasteiger charge is -2.37. The summed E-state index contributed by atoms with van der Waals surface area (Å²) in [5.74, 6) is 1.47. The molecule has 6 nitrogen and oxygen atoms in total. The lowest BCUT2D eigenvalue weighted by molar-refractivity contribution is -0.146. The predicted molar refractivity (Wildman–Crippen MR) is 146 cm³/mol. The smallest absolute Gasteiger partial charge is 0.242 e. The highest BCUT2D eigenvalue weighted by molar-refractivity contribution is 7.10. The second-order valence-corrected chi connectivity index (χ2v) is 12.0. The van der Waals surface area contributed by atoms with Gasteiger partial charge in [0.15, 0.2) is 0 Å². The summed E-state index contributed by atoms with van der Waals surface area (Å²) in [5, 5.41) is 2.11. The number of carbonyl (C=O) groups is 2. The van der Waals surface area contributed by atoms with Crippen molar-refractivity contribution in [2.45, 2.75) is 76.9 Å². The Balaban J connectivity index is 1.30. The van der Waals surface area contributed by atoms with Crippen LogP contribution in [0.5, 0.6) is 5.75 Å². The molecule has 3 heterocycles. The van der Waals surface area contributed by atoms with Crippen LogP contribution in [0.15, 0.2) is 35.7 Å². The first-order valence-corrected chi connectivity index (χ1v) is 14.9. The third-order valence-electron chi connectivity index (χ3n) is 8.16. The number of thiophene rings is 1. The molecule has 2 atom stereocenters. The SMILES string of the molecule is CC(C)c1ccc(OC[C@H]2c3ccsc3CCN2C(=O)CN(C[C@@H]2CCCO2)C(=O)C2CCCC2)cc1. The van der Waals surface area contributed by atoms with Gasteiger partial charge in [-0.15, -0.1) is 11.3 Å². The molecule has 2 aliphatic heterocycles. The van der Waals surface area contributed by atoms with Gasteiger partial charge in [-0.2, -0.15) is 0 Å². The Morgan fingerprint density at radius 2 is 1.89 bits per heavy atom. The molecular formula is C30H40N2O4S. The maximum absolute atomic E-state index is 13.8. The van der Waals surface area contributed by atoms with Gasteiger partial charge in [0.1, 0.15) is 12.4 Å². The molecule has 1 aromatic carbocycles. The minimum atomic E-state index is -0.154. The molecule has 2 amide bonds. The van der Waals surface area contributed by atoms with Crippen LogP contribution in [-0.2, 0) is 20.7 Å². The molecule has 0 unspecified atom stereocenters. The highest BCUT2D eigenvalue weighted by Gasteiger charge is 2.36. The van der Waals surface area contributed by atoms with Crippen molar-refractivity contribution in [3.05, 3.63) is 51.7 Å². The third-order valence-corrected chi connectivity index (χ3v) is 9.16. The number of nitrogens with zero attached hydrogens (tertiary/aromatic N) is 2. The quantitative estimate of drug-likeness (QED) is 0.430. The molecular weight excluding hydrogens is 484 g/mol. The number of benzene rings is 1. The summed E-state index contributed by atoms with van der Waals surface area (Å²) in [4.78, 5) is 32.3. The Morgan fingerprint density at radius 3 is 2.59 bits per heavy atom. The van der Waals surface area contributed by atoms with Crippen molar-refractivity contribution < 1.29 is 19.1 Å². The number of rotatable bonds is 9. The third kappa shape index (κ3) is 6.20. The van der Waals surface area contributed by atoms with E-state index in [-0.39, 0.29) is 36.4 Å². The summed E-state index contributed by atoms with van der Waals surface area (Å²) >= 11 is 1.75. The number of hydrogen-bond acceptors (Lipinski definition) is 5. The normalized spacial score (nSPS) is 21.9. The van der Waals surface area contributed by atoms with Crippen LogP contribution in [0.25, 0.3) is 0 Å². The molecule has 2 fully saturated rings. The molecule has 1 aliphatic carbocycles. The molecule has 5 rings (SSSR count). The monoisotopic (exact) mass is 524 g/mol. The Bertz CT molecular complexity index is 1050. The average molecular weight is 525 g/mol. The van der Waals surface area contributed by atoms with Gasteiger partial charge in [-0.25, -0.2) is 0 Å². The van der Waals surface area contributed by atoms with Gasteiger partial charge in [0, 0.05) is 30.5 Å². The average Bonchev–Trinajstić information content (AvgIpc) is 3.69. The predicted octanol–water partition coefficient (Wildman–Crippen LogP) is 5.57. The highest BCUT2D eigenvalue weighted by atomic mass is 32.1. The minimum Gasteiger partial charge on any atom is -0.491 e. The van der Waals surface area contributed by atoms with Crippen molar-refractivity contribution in [2.24, 2.45) is 5.92 Å². The van der Waals surface area contributed by atoms with Crippen molar-refractivity contribution in [3.8, 4) is 5.75 Å². The van der Waals surface area contributed by atoms with Crippen molar-refractivity contribution in [3.63, 3.8) is 0 Å². The van der Waals surface area contributed by atoms with E-state index in [1.165, 1.54) is 16.0 Å². The van der Waals surface area contributed by atoms with Gasteiger partial charge in [-0.1, -0.05) is 38.8 Å². The molecule has 1 saturated heterocycles. The fourth-order valence-corrected chi connectivity index (χ4v) is 6.88. The highest BCUT2D eigenvalue weighted by Crippen LogP contribution is 2.34. The van der Waals surface area contributed by atoms with Gasteiger partial charge in [0.05, 0.1) is 18.7 Å². The van der Waals surface area contributed by atoms with E-state index in [1.54, 1.807) is 16.2 Å². The fourth-order valence-electron chi connectivity index (χ4n) is 5.95. The van der Waals surface area contributed by atoms with Crippen LogP contribution in [0.4, 0.5) is 0 Å². The molecule has 0 radical (unpaired) electrons. The molecule has 1 saturated carbocycles. The number of fused-ring (bicyclic) bond motifs is 1. The lowest BCUT2D eigenvalue weighted by Crippen LogP contribution is -2.50. The summed E-state index contributed by atoms with van der Waals surface area (Å²) in [6.45, 7) is 6.79. The number of hydrogen-bond donors (Lipinski definition) is 0. The van der Waals surface area contributed by atoms with Crippen LogP contribution in [0.3, 0.4) is 0 Å². The first kappa shape index (κ1) is 26.2. The molecule has 0 spiro atoms. The minimum absolute atomic E-state index is 0.00458. The summed E-state index contributed by atoms with van der Waals surface area (Å²) in [6.07, 6.45) is 6.93. The van der Waals surface area contributed by atoms with Gasteiger partial charge in [-0.05, 0) is 72.7 Å². The zero-order chi connectivity index (χ0) is 25.8. The maximum atomic E-state index is 13.8. The summed E-state index contributed by atoms with van der Waals surface area (Å²) in [6, 6.07) is 10.2. The van der Waals surface area contributed by atoms with E-state index in [1.807, 2.05) is 17.0 Å². The molecule has 1 aromatic heterocycles. The molecule has 0 bridgehead atoms. The molecule has 200 valence electrons. The van der Waals surface area contributed by atoms with E-state index in [2.05, 4.69) is 37.4 Å². The number of amides is 2. The Hall–Kier alpha value is -2.38. The van der Waals surface area contributed by atoms with Crippen LogP contribution in [-0.4, -0.2) is 60.6 Å². The number of carbonyl (C=O) groups excluding carboxylic acids is 2. The first-order chi connectivity index (χ1) is 18.0. The second kappa shape index (κ2) is 12.0. The summed E-state index contributed by atoms with van der Waals surface area (Å²) in [7, 11) is 0. The van der Waals surface area contributed by atoms with E-state index in [9.17, 15) is 9.59 Å². The first-order valence-electron chi connectivity index (χ1n) is 14.0. The standard InChI is InChI=1S/C30H40N2O4S/c1-21(2)22-9-11-24(12-10-22)36-20-27-26-14-17-37-28(26)13-15-32(27)29(33)19-31(18-25-8-5-16-35-25)30(34)23-6-3-4-7-23/h9-12,14,17,21,23,25,27H,3-8,13,15-16,18-20H2,1-2H3/t25-,27-/m0/s1. The molecule has 3 aliphatic rings. The summed E-state index contributed by atoms with van der Waals surface area (Å²) in [5.41, 5.74) is 2.46. The summed E-state index contributed by atoms with van der Waals surface area (Å²) < 4.78 is 12.1. The van der Waals surface area contributed by atoms with Crippen LogP contribution >= 0.6 is 11.3 Å². The maximum Gasteiger partial charge on any atom is 0.242 e. The topological polar surface area (TPSA) is 59.1 Å². The van der Waals surface area contributed by atoms with Gasteiger partial charge in [0.2, 0.25) is 11.8 Å². The Morgan fingerprint density at radius 1 is 1.11 bits per heavy atom. The molecule has 7 heteroatoms. The zero-order valence-electron chi connectivity index (χ0n) is 22.2. The van der Waals surface area contributed by atoms with Crippen LogP contribution < -0.4 is 4.74 Å². The van der Waals surface area contributed by atoms with E-state index in [0.29, 0.717) is 25.6 Å². The van der Waals surface area contributed by atoms with Crippen molar-refractivity contribution in [1.29, 1.82) is 0 Å². The van der Waals surface area contributed by atoms with Gasteiger partial charge in [-0.3, -0.25) is 9.59 Å². The van der Waals surface area contributed by atoms with Crippen molar-refractivity contribution in [2.75, 3.05) is 32.8 Å². The van der Waals surface area contributed by atoms with Crippen LogP contribution in [0.2, 0.25) is 0 Å². The van der Waals surface area contributed by atoms with E-state index >= 15 is 0 Å². The molecule has 37 heavy (non-hydrogen) atoms. The van der Waals surface area contributed by atoms with E-state index in [0.717, 1.165) is 57.3 Å². The second-order valence-electron chi connectivity index (χ2n) is 11.0. The van der Waals surface area contributed by atoms with E-state index < -0.39 is 0 Å². The number of ether oxygens (including phenoxy) is 2. The van der Waals surface area contributed by atoms with Gasteiger partial charge < -0.3 is 19.3 Å². The van der Waals surface area contributed by atoms with Gasteiger partial charge in [0.25, 0.3) is 0 Å². The van der Waals surface area contributed by atoms with E-state index in [4.69, 9.17) is 9.47 Å². The zero-order valence-corrected chi connectivity index (χ0v) is 23.0. The van der Waals surface area contributed by atoms with Crippen LogP contribution in [0.1, 0.15) is 80.3 Å². The van der Waals surface area contributed by atoms with Gasteiger partial charge >= 0.3 is 0 Å². The van der Waals surface area contributed by atoms with Crippen molar-refractivity contribution >= 4 is 23.2 Å². The largest absolute Gasteiger partial charge is 0.491 e. The van der Waals surface area contributed by atoms with Crippen molar-refractivity contribution in [1.82, 2.24) is 9.80 Å². The Labute approximate surface area is 224 Å².